The Bertz CT molecular complexity index is 389. The van der Waals surface area contributed by atoms with Crippen LogP contribution in [0.1, 0.15) is 19.3 Å². The first kappa shape index (κ1) is 13.2. The van der Waals surface area contributed by atoms with Crippen molar-refractivity contribution in [2.24, 2.45) is 0 Å². The fourth-order valence-corrected chi connectivity index (χ4v) is 2.40. The molecule has 0 radical (unpaired) electrons. The van der Waals surface area contributed by atoms with Gasteiger partial charge in [0.25, 0.3) is 0 Å². The maximum absolute atomic E-state index is 11.7. The predicted octanol–water partition coefficient (Wildman–Crippen LogP) is 1.13. The van der Waals surface area contributed by atoms with Crippen LogP contribution in [0.5, 0.6) is 0 Å². The Morgan fingerprint density at radius 3 is 2.38 bits per heavy atom. The molecule has 0 unspecified atom stereocenters. The van der Waals surface area contributed by atoms with Gasteiger partial charge in [-0.2, -0.15) is 0 Å². The molecule has 2 N–H and O–H groups in total. The average Bonchev–Trinajstić information content (AvgIpc) is 2.30. The minimum atomic E-state index is -3.36. The molecule has 0 saturated carbocycles. The van der Waals surface area contributed by atoms with Crippen molar-refractivity contribution in [3.63, 3.8) is 0 Å². The Hall–Kier alpha value is -0.910. The second-order valence-electron chi connectivity index (χ2n) is 3.50. The summed E-state index contributed by atoms with van der Waals surface area (Å²) in [5.41, 5.74) is 0. The highest BCUT2D eigenvalue weighted by atomic mass is 32.2. The largest absolute Gasteiger partial charge is 0.396 e. The molecule has 1 aromatic rings. The van der Waals surface area contributed by atoms with Gasteiger partial charge in [-0.1, -0.05) is 18.2 Å². The SMILES string of the molecule is O=S(=O)(NCCCCCO)c1ccccc1. The van der Waals surface area contributed by atoms with E-state index in [1.807, 2.05) is 0 Å². The van der Waals surface area contributed by atoms with Crippen LogP contribution in [0.25, 0.3) is 0 Å². The molecule has 0 saturated heterocycles. The fraction of sp³-hybridized carbons (Fsp3) is 0.455. The van der Waals surface area contributed by atoms with Crippen molar-refractivity contribution in [1.82, 2.24) is 4.72 Å². The monoisotopic (exact) mass is 243 g/mol. The van der Waals surface area contributed by atoms with Crippen LogP contribution in [-0.2, 0) is 10.0 Å². The number of unbranched alkanes of at least 4 members (excludes halogenated alkanes) is 2. The molecule has 5 heteroatoms. The Kier molecular flexibility index (Phi) is 5.45. The molecular weight excluding hydrogens is 226 g/mol. The summed E-state index contributed by atoms with van der Waals surface area (Å²) in [6.45, 7) is 0.572. The molecule has 0 spiro atoms. The molecule has 0 aliphatic rings. The molecule has 0 aliphatic heterocycles. The van der Waals surface area contributed by atoms with Crippen molar-refractivity contribution < 1.29 is 13.5 Å². The van der Waals surface area contributed by atoms with Gasteiger partial charge in [0.2, 0.25) is 10.0 Å². The molecule has 0 aromatic heterocycles. The molecule has 4 nitrogen and oxygen atoms in total. The quantitative estimate of drug-likeness (QED) is 0.705. The fourth-order valence-electron chi connectivity index (χ4n) is 1.30. The third kappa shape index (κ3) is 4.30. The van der Waals surface area contributed by atoms with Crippen LogP contribution in [-0.4, -0.2) is 26.7 Å². The summed E-state index contributed by atoms with van der Waals surface area (Å²) in [6.07, 6.45) is 2.29. The van der Waals surface area contributed by atoms with E-state index in [0.717, 1.165) is 12.8 Å². The van der Waals surface area contributed by atoms with E-state index in [4.69, 9.17) is 5.11 Å². The smallest absolute Gasteiger partial charge is 0.240 e. The van der Waals surface area contributed by atoms with E-state index in [1.54, 1.807) is 30.3 Å². The Balaban J connectivity index is 2.41. The highest BCUT2D eigenvalue weighted by molar-refractivity contribution is 7.89. The van der Waals surface area contributed by atoms with Gasteiger partial charge >= 0.3 is 0 Å². The molecular formula is C11H17NO3S. The van der Waals surface area contributed by atoms with Crippen molar-refractivity contribution in [2.75, 3.05) is 13.2 Å². The summed E-state index contributed by atoms with van der Waals surface area (Å²) >= 11 is 0. The minimum Gasteiger partial charge on any atom is -0.396 e. The highest BCUT2D eigenvalue weighted by Crippen LogP contribution is 2.07. The first-order valence-electron chi connectivity index (χ1n) is 5.32. The molecule has 0 amide bonds. The molecule has 0 bridgehead atoms. The lowest BCUT2D eigenvalue weighted by molar-refractivity contribution is 0.283. The van der Waals surface area contributed by atoms with Gasteiger partial charge in [-0.25, -0.2) is 13.1 Å². The number of rotatable bonds is 7. The van der Waals surface area contributed by atoms with Crippen molar-refractivity contribution in [3.8, 4) is 0 Å². The maximum Gasteiger partial charge on any atom is 0.240 e. The van der Waals surface area contributed by atoms with E-state index < -0.39 is 10.0 Å². The molecule has 0 fully saturated rings. The van der Waals surface area contributed by atoms with Crippen LogP contribution in [0.3, 0.4) is 0 Å². The number of aliphatic hydroxyl groups is 1. The van der Waals surface area contributed by atoms with Gasteiger partial charge in [0.05, 0.1) is 4.90 Å². The highest BCUT2D eigenvalue weighted by Gasteiger charge is 2.11. The van der Waals surface area contributed by atoms with E-state index in [-0.39, 0.29) is 11.5 Å². The second kappa shape index (κ2) is 6.62. The van der Waals surface area contributed by atoms with Gasteiger partial charge < -0.3 is 5.11 Å². The van der Waals surface area contributed by atoms with E-state index in [9.17, 15) is 8.42 Å². The first-order valence-corrected chi connectivity index (χ1v) is 6.81. The van der Waals surface area contributed by atoms with E-state index in [1.165, 1.54) is 0 Å². The molecule has 16 heavy (non-hydrogen) atoms. The third-order valence-corrected chi connectivity index (χ3v) is 3.66. The standard InChI is InChI=1S/C11H17NO3S/c13-10-6-2-5-9-12-16(14,15)11-7-3-1-4-8-11/h1,3-4,7-8,12-13H,2,5-6,9-10H2. The number of nitrogens with one attached hydrogen (secondary N) is 1. The summed E-state index contributed by atoms with van der Waals surface area (Å²) in [5, 5.41) is 8.56. The molecule has 1 aromatic carbocycles. The van der Waals surface area contributed by atoms with Crippen LogP contribution < -0.4 is 4.72 Å². The van der Waals surface area contributed by atoms with E-state index in [2.05, 4.69) is 4.72 Å². The number of benzene rings is 1. The van der Waals surface area contributed by atoms with Crippen molar-refractivity contribution in [1.29, 1.82) is 0 Å². The summed E-state index contributed by atoms with van der Waals surface area (Å²) in [4.78, 5) is 0.289. The Morgan fingerprint density at radius 2 is 1.75 bits per heavy atom. The van der Waals surface area contributed by atoms with Crippen molar-refractivity contribution in [3.05, 3.63) is 30.3 Å². The maximum atomic E-state index is 11.7. The molecule has 0 aliphatic carbocycles. The van der Waals surface area contributed by atoms with Crippen LogP contribution >= 0.6 is 0 Å². The number of sulfonamides is 1. The summed E-state index contributed by atoms with van der Waals surface area (Å²) < 4.78 is 25.9. The van der Waals surface area contributed by atoms with Gasteiger partial charge in [0.15, 0.2) is 0 Å². The lowest BCUT2D eigenvalue weighted by atomic mass is 10.2. The van der Waals surface area contributed by atoms with Gasteiger partial charge in [0, 0.05) is 13.2 Å². The second-order valence-corrected chi connectivity index (χ2v) is 5.26. The zero-order valence-corrected chi connectivity index (χ0v) is 9.91. The van der Waals surface area contributed by atoms with E-state index in [0.29, 0.717) is 13.0 Å². The van der Waals surface area contributed by atoms with Crippen molar-refractivity contribution in [2.45, 2.75) is 24.2 Å². The summed E-state index contributed by atoms with van der Waals surface area (Å²) in [6, 6.07) is 8.30. The van der Waals surface area contributed by atoms with Gasteiger partial charge in [-0.15, -0.1) is 0 Å². The topological polar surface area (TPSA) is 66.4 Å². The summed E-state index contributed by atoms with van der Waals surface area (Å²) in [7, 11) is -3.36. The Labute approximate surface area is 96.4 Å². The number of aliphatic hydroxyl groups excluding tert-OH is 1. The van der Waals surface area contributed by atoms with Crippen LogP contribution in [0.2, 0.25) is 0 Å². The van der Waals surface area contributed by atoms with E-state index >= 15 is 0 Å². The number of hydrogen-bond donors (Lipinski definition) is 2. The molecule has 0 heterocycles. The van der Waals surface area contributed by atoms with Crippen LogP contribution in [0.15, 0.2) is 35.2 Å². The van der Waals surface area contributed by atoms with Gasteiger partial charge in [0.1, 0.15) is 0 Å². The van der Waals surface area contributed by atoms with Gasteiger partial charge in [-0.3, -0.25) is 0 Å². The Morgan fingerprint density at radius 1 is 1.06 bits per heavy atom. The lowest BCUT2D eigenvalue weighted by Crippen LogP contribution is -2.24. The molecule has 90 valence electrons. The lowest BCUT2D eigenvalue weighted by Gasteiger charge is -2.05. The average molecular weight is 243 g/mol. The van der Waals surface area contributed by atoms with Crippen molar-refractivity contribution >= 4 is 10.0 Å². The first-order chi connectivity index (χ1) is 7.67. The minimum absolute atomic E-state index is 0.158. The predicted molar refractivity (Wildman–Crippen MR) is 62.6 cm³/mol. The summed E-state index contributed by atoms with van der Waals surface area (Å²) in [5.74, 6) is 0. The third-order valence-electron chi connectivity index (χ3n) is 2.18. The van der Waals surface area contributed by atoms with Crippen LogP contribution in [0.4, 0.5) is 0 Å². The zero-order valence-electron chi connectivity index (χ0n) is 9.09. The molecule has 0 atom stereocenters. The normalized spacial score (nSPS) is 11.6. The zero-order chi connectivity index (χ0) is 11.9. The van der Waals surface area contributed by atoms with Gasteiger partial charge in [-0.05, 0) is 31.4 Å². The number of hydrogen-bond acceptors (Lipinski definition) is 3. The van der Waals surface area contributed by atoms with Crippen LogP contribution in [0, 0.1) is 0 Å². The molecule has 1 rings (SSSR count).